The first-order chi connectivity index (χ1) is 15.3. The summed E-state index contributed by atoms with van der Waals surface area (Å²) in [5.41, 5.74) is -2.99. The van der Waals surface area contributed by atoms with Crippen molar-refractivity contribution in [2.24, 2.45) is 0 Å². The summed E-state index contributed by atoms with van der Waals surface area (Å²) in [6, 6.07) is 2.40. The lowest BCUT2D eigenvalue weighted by molar-refractivity contribution is -0.275. The first-order valence-electron chi connectivity index (χ1n) is 8.45. The highest BCUT2D eigenvalue weighted by Gasteiger charge is 2.35. The van der Waals surface area contributed by atoms with E-state index in [4.69, 9.17) is 5.11 Å². The third kappa shape index (κ3) is 4.74. The molecule has 0 bridgehead atoms. The quantitative estimate of drug-likeness (QED) is 0.328. The summed E-state index contributed by atoms with van der Waals surface area (Å²) in [6.45, 7) is 0. The van der Waals surface area contributed by atoms with E-state index in [1.54, 1.807) is 0 Å². The average Bonchev–Trinajstić information content (AvgIpc) is 3.17. The molecule has 8 nitrogen and oxygen atoms in total. The zero-order valence-corrected chi connectivity index (χ0v) is 16.5. The highest BCUT2D eigenvalue weighted by Crippen LogP contribution is 2.50. The Kier molecular flexibility index (Phi) is 6.05. The number of phenols is 3. The van der Waals surface area contributed by atoms with Crippen LogP contribution in [0.25, 0.3) is 11.1 Å². The Balaban J connectivity index is 2.03. The van der Waals surface area contributed by atoms with Crippen LogP contribution in [0.1, 0.15) is 20.0 Å². The molecule has 0 spiro atoms. The number of aromatic hydroxyl groups is 3. The van der Waals surface area contributed by atoms with E-state index in [0.717, 1.165) is 6.07 Å². The lowest BCUT2D eigenvalue weighted by Crippen LogP contribution is -2.17. The number of phenolic OH excluding ortho intramolecular Hbond substituents is 3. The molecule has 1 heterocycles. The van der Waals surface area contributed by atoms with E-state index in [1.165, 1.54) is 5.38 Å². The van der Waals surface area contributed by atoms with Gasteiger partial charge < -0.3 is 30.5 Å². The number of thiophene rings is 1. The number of anilines is 1. The predicted octanol–water partition coefficient (Wildman–Crippen LogP) is 4.66. The van der Waals surface area contributed by atoms with Crippen molar-refractivity contribution in [3.63, 3.8) is 0 Å². The van der Waals surface area contributed by atoms with Crippen LogP contribution in [0.5, 0.6) is 23.0 Å². The SMILES string of the molecule is O=C(Nc1c(F)cc(-c2c(O)cc(O)c(OC(F)(F)F)c2O)cc1F)c1ccsc1C(=O)O. The summed E-state index contributed by atoms with van der Waals surface area (Å²) in [7, 11) is 0. The molecule has 2 aromatic carbocycles. The fraction of sp³-hybridized carbons (Fsp3) is 0.0526. The fourth-order valence-corrected chi connectivity index (χ4v) is 3.52. The lowest BCUT2D eigenvalue weighted by atomic mass is 10.0. The second-order valence-electron chi connectivity index (χ2n) is 6.25. The second-order valence-corrected chi connectivity index (χ2v) is 7.17. The second kappa shape index (κ2) is 8.46. The van der Waals surface area contributed by atoms with Crippen molar-refractivity contribution in [2.45, 2.75) is 6.36 Å². The van der Waals surface area contributed by atoms with Crippen molar-refractivity contribution in [2.75, 3.05) is 5.32 Å². The van der Waals surface area contributed by atoms with Gasteiger partial charge >= 0.3 is 12.3 Å². The number of nitrogens with one attached hydrogen (secondary N) is 1. The van der Waals surface area contributed by atoms with E-state index in [9.17, 15) is 46.9 Å². The zero-order chi connectivity index (χ0) is 24.7. The number of halogens is 5. The molecular formula is C19H10F5NO7S. The summed E-state index contributed by atoms with van der Waals surface area (Å²) < 4.78 is 70.2. The van der Waals surface area contributed by atoms with Crippen molar-refractivity contribution in [3.05, 3.63) is 51.7 Å². The maximum Gasteiger partial charge on any atom is 0.573 e. The topological polar surface area (TPSA) is 136 Å². The maximum absolute atomic E-state index is 14.6. The molecule has 0 aliphatic carbocycles. The van der Waals surface area contributed by atoms with E-state index < -0.39 is 69.7 Å². The first-order valence-corrected chi connectivity index (χ1v) is 9.33. The Hall–Kier alpha value is -4.07. The first kappa shape index (κ1) is 23.6. The van der Waals surface area contributed by atoms with Gasteiger partial charge in [0.2, 0.25) is 5.75 Å². The van der Waals surface area contributed by atoms with E-state index in [-0.39, 0.29) is 10.4 Å². The largest absolute Gasteiger partial charge is 0.573 e. The van der Waals surface area contributed by atoms with Gasteiger partial charge in [0.05, 0.1) is 11.1 Å². The van der Waals surface area contributed by atoms with Crippen LogP contribution >= 0.6 is 11.3 Å². The van der Waals surface area contributed by atoms with Crippen molar-refractivity contribution in [1.29, 1.82) is 0 Å². The number of aromatic carboxylic acids is 1. The summed E-state index contributed by atoms with van der Waals surface area (Å²) in [4.78, 5) is 23.0. The lowest BCUT2D eigenvalue weighted by Gasteiger charge is -2.16. The minimum atomic E-state index is -5.36. The number of carboxylic acids is 1. The number of ether oxygens (including phenoxy) is 1. The summed E-state index contributed by atoms with van der Waals surface area (Å²) in [5.74, 6) is -10.9. The molecule has 0 atom stereocenters. The average molecular weight is 491 g/mol. The number of benzene rings is 2. The van der Waals surface area contributed by atoms with Gasteiger partial charge in [-0.05, 0) is 29.1 Å². The van der Waals surface area contributed by atoms with Crippen LogP contribution in [0.15, 0.2) is 29.6 Å². The highest BCUT2D eigenvalue weighted by atomic mass is 32.1. The molecule has 0 unspecified atom stereocenters. The van der Waals surface area contributed by atoms with Crippen molar-refractivity contribution >= 4 is 28.9 Å². The highest BCUT2D eigenvalue weighted by molar-refractivity contribution is 7.12. The van der Waals surface area contributed by atoms with E-state index >= 15 is 0 Å². The number of carboxylic acid groups (broad SMARTS) is 1. The standard InChI is InChI=1S/C19H10F5NO7S/c20-8-3-6(12-10(26)5-11(27)15(14(12)28)32-19(22,23)24)4-9(21)13(8)25-17(29)7-1-2-33-16(7)18(30)31/h1-5,26-28H,(H,25,29)(H,30,31). The molecule has 1 aromatic heterocycles. The van der Waals surface area contributed by atoms with Crippen LogP contribution in [0.4, 0.5) is 27.6 Å². The van der Waals surface area contributed by atoms with Gasteiger partial charge in [-0.15, -0.1) is 24.5 Å². The van der Waals surface area contributed by atoms with Gasteiger partial charge in [-0.1, -0.05) is 0 Å². The van der Waals surface area contributed by atoms with Crippen molar-refractivity contribution in [3.8, 4) is 34.1 Å². The van der Waals surface area contributed by atoms with E-state index in [0.29, 0.717) is 29.5 Å². The van der Waals surface area contributed by atoms with Crippen molar-refractivity contribution < 1.29 is 56.7 Å². The van der Waals surface area contributed by atoms with Gasteiger partial charge in [-0.3, -0.25) is 4.79 Å². The van der Waals surface area contributed by atoms with Crippen LogP contribution in [-0.4, -0.2) is 38.7 Å². The van der Waals surface area contributed by atoms with Crippen LogP contribution < -0.4 is 10.1 Å². The van der Waals surface area contributed by atoms with Gasteiger partial charge in [0.25, 0.3) is 5.91 Å². The summed E-state index contributed by atoms with van der Waals surface area (Å²) >= 11 is 0.698. The zero-order valence-electron chi connectivity index (χ0n) is 15.7. The number of hydrogen-bond donors (Lipinski definition) is 5. The minimum absolute atomic E-state index is 0.353. The van der Waals surface area contributed by atoms with Gasteiger partial charge in [-0.2, -0.15) is 0 Å². The molecule has 14 heteroatoms. The van der Waals surface area contributed by atoms with Gasteiger partial charge in [0.15, 0.2) is 11.5 Å². The number of carbonyl (C=O) groups excluding carboxylic acids is 1. The predicted molar refractivity (Wildman–Crippen MR) is 103 cm³/mol. The molecule has 0 saturated carbocycles. The summed E-state index contributed by atoms with van der Waals surface area (Å²) in [6.07, 6.45) is -5.36. The van der Waals surface area contributed by atoms with Gasteiger partial charge in [0, 0.05) is 6.07 Å². The van der Waals surface area contributed by atoms with E-state index in [1.807, 2.05) is 5.32 Å². The third-order valence-corrected chi connectivity index (χ3v) is 5.01. The number of amides is 1. The van der Waals surface area contributed by atoms with Crippen LogP contribution in [0.2, 0.25) is 0 Å². The van der Waals surface area contributed by atoms with Gasteiger partial charge in [0.1, 0.15) is 27.9 Å². The normalized spacial score (nSPS) is 11.3. The molecule has 0 aliphatic rings. The molecule has 0 fully saturated rings. The Bertz CT molecular complexity index is 1250. The molecule has 0 saturated heterocycles. The molecule has 5 N–H and O–H groups in total. The smallest absolute Gasteiger partial charge is 0.507 e. The molecule has 3 aromatic rings. The Morgan fingerprint density at radius 3 is 2.15 bits per heavy atom. The number of hydrogen-bond acceptors (Lipinski definition) is 7. The fourth-order valence-electron chi connectivity index (χ4n) is 2.80. The molecular weight excluding hydrogens is 481 g/mol. The number of carbonyl (C=O) groups is 2. The molecule has 0 aliphatic heterocycles. The summed E-state index contributed by atoms with van der Waals surface area (Å²) in [5, 5.41) is 41.7. The molecule has 1 amide bonds. The maximum atomic E-state index is 14.6. The van der Waals surface area contributed by atoms with Crippen molar-refractivity contribution in [1.82, 2.24) is 0 Å². The van der Waals surface area contributed by atoms with Crippen LogP contribution in [-0.2, 0) is 0 Å². The molecule has 174 valence electrons. The van der Waals surface area contributed by atoms with Gasteiger partial charge in [-0.25, -0.2) is 13.6 Å². The Morgan fingerprint density at radius 2 is 1.61 bits per heavy atom. The molecule has 33 heavy (non-hydrogen) atoms. The van der Waals surface area contributed by atoms with Crippen LogP contribution in [0.3, 0.4) is 0 Å². The monoisotopic (exact) mass is 491 g/mol. The Labute approximate surface area is 183 Å². The third-order valence-electron chi connectivity index (χ3n) is 4.11. The molecule has 0 radical (unpaired) electrons. The Morgan fingerprint density at radius 1 is 1.00 bits per heavy atom. The molecule has 3 rings (SSSR count). The number of alkyl halides is 3. The number of rotatable bonds is 5. The minimum Gasteiger partial charge on any atom is -0.507 e. The van der Waals surface area contributed by atoms with Crippen LogP contribution in [0, 0.1) is 11.6 Å². The van der Waals surface area contributed by atoms with E-state index in [2.05, 4.69) is 4.74 Å².